The highest BCUT2D eigenvalue weighted by atomic mass is 32.2. The molecule has 2 aromatic rings. The maximum atomic E-state index is 12.5. The van der Waals surface area contributed by atoms with E-state index in [1.54, 1.807) is 32.0 Å². The average Bonchev–Trinajstić information content (AvgIpc) is 2.80. The Morgan fingerprint density at radius 3 is 2.44 bits per heavy atom. The third-order valence-electron chi connectivity index (χ3n) is 4.38. The summed E-state index contributed by atoms with van der Waals surface area (Å²) in [5.74, 6) is -0.376. The van der Waals surface area contributed by atoms with Gasteiger partial charge in [0.1, 0.15) is 0 Å². The van der Waals surface area contributed by atoms with Crippen molar-refractivity contribution in [1.29, 1.82) is 0 Å². The summed E-state index contributed by atoms with van der Waals surface area (Å²) in [6.45, 7) is 7.56. The zero-order valence-electron chi connectivity index (χ0n) is 15.3. The standard InChI is InChI=1S/C18H25N3O3S/c1-12(2)25(23,24)17-9-7-6-8-16(17)18(22)19-11-10-15-13(3)20-21(5)14(15)4/h6-9,12H,10-11H2,1-5H3,(H,19,22). The lowest BCUT2D eigenvalue weighted by Gasteiger charge is -2.13. The third kappa shape index (κ3) is 3.92. The van der Waals surface area contributed by atoms with Crippen molar-refractivity contribution in [3.8, 4) is 0 Å². The number of nitrogens with one attached hydrogen (secondary N) is 1. The maximum absolute atomic E-state index is 12.5. The van der Waals surface area contributed by atoms with Crippen LogP contribution < -0.4 is 5.32 Å². The highest BCUT2D eigenvalue weighted by Gasteiger charge is 2.25. The normalized spacial score (nSPS) is 11.8. The van der Waals surface area contributed by atoms with Crippen molar-refractivity contribution in [3.05, 3.63) is 46.8 Å². The molecule has 2 rings (SSSR count). The Morgan fingerprint density at radius 1 is 1.24 bits per heavy atom. The van der Waals surface area contributed by atoms with Crippen LogP contribution in [-0.4, -0.2) is 35.9 Å². The van der Waals surface area contributed by atoms with Crippen LogP contribution in [0.4, 0.5) is 0 Å². The molecule has 0 aliphatic rings. The van der Waals surface area contributed by atoms with Gasteiger partial charge in [-0.3, -0.25) is 9.48 Å². The van der Waals surface area contributed by atoms with Crippen LogP contribution in [0, 0.1) is 13.8 Å². The number of sulfone groups is 1. The first-order valence-electron chi connectivity index (χ1n) is 8.26. The van der Waals surface area contributed by atoms with E-state index >= 15 is 0 Å². The summed E-state index contributed by atoms with van der Waals surface area (Å²) in [4.78, 5) is 12.6. The van der Waals surface area contributed by atoms with Crippen LogP contribution in [0.2, 0.25) is 0 Å². The molecule has 1 N–H and O–H groups in total. The highest BCUT2D eigenvalue weighted by molar-refractivity contribution is 7.92. The molecule has 136 valence electrons. The van der Waals surface area contributed by atoms with E-state index in [4.69, 9.17) is 0 Å². The van der Waals surface area contributed by atoms with Gasteiger partial charge in [-0.2, -0.15) is 5.10 Å². The van der Waals surface area contributed by atoms with E-state index in [-0.39, 0.29) is 16.4 Å². The molecule has 0 saturated heterocycles. The predicted octanol–water partition coefficient (Wildman–Crippen LogP) is 2.19. The minimum absolute atomic E-state index is 0.0799. The topological polar surface area (TPSA) is 81.1 Å². The van der Waals surface area contributed by atoms with Gasteiger partial charge in [-0.05, 0) is 51.8 Å². The van der Waals surface area contributed by atoms with Crippen LogP contribution in [-0.2, 0) is 23.3 Å². The van der Waals surface area contributed by atoms with Crippen molar-refractivity contribution in [2.75, 3.05) is 6.54 Å². The number of hydrogen-bond donors (Lipinski definition) is 1. The monoisotopic (exact) mass is 363 g/mol. The zero-order valence-corrected chi connectivity index (χ0v) is 16.1. The lowest BCUT2D eigenvalue weighted by molar-refractivity contribution is 0.0951. The number of aromatic nitrogens is 2. The lowest BCUT2D eigenvalue weighted by Crippen LogP contribution is -2.28. The molecule has 0 saturated carbocycles. The van der Waals surface area contributed by atoms with Crippen molar-refractivity contribution in [3.63, 3.8) is 0 Å². The average molecular weight is 363 g/mol. The van der Waals surface area contributed by atoms with E-state index in [2.05, 4.69) is 10.4 Å². The molecule has 25 heavy (non-hydrogen) atoms. The first kappa shape index (κ1) is 19.2. The van der Waals surface area contributed by atoms with Gasteiger partial charge in [0, 0.05) is 19.3 Å². The molecule has 1 aromatic heterocycles. The molecule has 1 amide bonds. The number of rotatable bonds is 6. The summed E-state index contributed by atoms with van der Waals surface area (Å²) >= 11 is 0. The predicted molar refractivity (Wildman–Crippen MR) is 97.5 cm³/mol. The second kappa shape index (κ2) is 7.39. The van der Waals surface area contributed by atoms with Gasteiger partial charge in [-0.15, -0.1) is 0 Å². The molecule has 0 aliphatic heterocycles. The summed E-state index contributed by atoms with van der Waals surface area (Å²) < 4.78 is 26.7. The molecule has 1 aromatic carbocycles. The Labute approximate surface area is 149 Å². The summed E-state index contributed by atoms with van der Waals surface area (Å²) in [5.41, 5.74) is 3.30. The molecule has 0 unspecified atom stereocenters. The van der Waals surface area contributed by atoms with Gasteiger partial charge in [0.25, 0.3) is 5.91 Å². The fraction of sp³-hybridized carbons (Fsp3) is 0.444. The van der Waals surface area contributed by atoms with Crippen LogP contribution in [0.15, 0.2) is 29.2 Å². The molecule has 0 radical (unpaired) electrons. The number of benzene rings is 1. The first-order valence-corrected chi connectivity index (χ1v) is 9.81. The second-order valence-corrected chi connectivity index (χ2v) is 8.84. The number of amides is 1. The molecule has 0 spiro atoms. The van der Waals surface area contributed by atoms with Crippen LogP contribution in [0.3, 0.4) is 0 Å². The Kier molecular flexibility index (Phi) is 5.67. The Hall–Kier alpha value is -2.15. The second-order valence-electron chi connectivity index (χ2n) is 6.37. The maximum Gasteiger partial charge on any atom is 0.252 e. The third-order valence-corrected chi connectivity index (χ3v) is 6.59. The number of hydrogen-bond acceptors (Lipinski definition) is 4. The first-order chi connectivity index (χ1) is 11.7. The van der Waals surface area contributed by atoms with Gasteiger partial charge < -0.3 is 5.32 Å². The molecule has 0 bridgehead atoms. The van der Waals surface area contributed by atoms with Gasteiger partial charge in [0.2, 0.25) is 0 Å². The number of carbonyl (C=O) groups excluding carboxylic acids is 1. The molecule has 1 heterocycles. The van der Waals surface area contributed by atoms with Gasteiger partial charge in [-0.25, -0.2) is 8.42 Å². The molecule has 7 heteroatoms. The van der Waals surface area contributed by atoms with Crippen LogP contribution in [0.1, 0.15) is 41.2 Å². The molecular formula is C18H25N3O3S. The lowest BCUT2D eigenvalue weighted by atomic mass is 10.1. The van der Waals surface area contributed by atoms with Gasteiger partial charge in [-0.1, -0.05) is 12.1 Å². The fourth-order valence-corrected chi connectivity index (χ4v) is 3.98. The minimum Gasteiger partial charge on any atom is -0.352 e. The van der Waals surface area contributed by atoms with Crippen LogP contribution in [0.5, 0.6) is 0 Å². The van der Waals surface area contributed by atoms with E-state index in [1.807, 2.05) is 25.6 Å². The summed E-state index contributed by atoms with van der Waals surface area (Å²) in [7, 11) is -1.63. The van der Waals surface area contributed by atoms with E-state index in [9.17, 15) is 13.2 Å². The van der Waals surface area contributed by atoms with E-state index in [0.717, 1.165) is 17.0 Å². The molecular weight excluding hydrogens is 338 g/mol. The van der Waals surface area contributed by atoms with Crippen molar-refractivity contribution < 1.29 is 13.2 Å². The fourth-order valence-electron chi connectivity index (χ4n) is 2.73. The summed E-state index contributed by atoms with van der Waals surface area (Å²) in [5, 5.41) is 6.60. The Morgan fingerprint density at radius 2 is 1.88 bits per heavy atom. The van der Waals surface area contributed by atoms with Crippen LogP contribution >= 0.6 is 0 Å². The number of nitrogens with zero attached hydrogens (tertiary/aromatic N) is 2. The summed E-state index contributed by atoms with van der Waals surface area (Å²) in [6.07, 6.45) is 0.649. The molecule has 6 nitrogen and oxygen atoms in total. The SMILES string of the molecule is Cc1nn(C)c(C)c1CCNC(=O)c1ccccc1S(=O)(=O)C(C)C. The van der Waals surface area contributed by atoms with Crippen molar-refractivity contribution in [2.45, 2.75) is 44.3 Å². The van der Waals surface area contributed by atoms with Crippen molar-refractivity contribution in [2.24, 2.45) is 7.05 Å². The van der Waals surface area contributed by atoms with E-state index in [0.29, 0.717) is 13.0 Å². The number of carbonyl (C=O) groups is 1. The largest absolute Gasteiger partial charge is 0.352 e. The highest BCUT2D eigenvalue weighted by Crippen LogP contribution is 2.20. The smallest absolute Gasteiger partial charge is 0.252 e. The van der Waals surface area contributed by atoms with Crippen molar-refractivity contribution in [1.82, 2.24) is 15.1 Å². The van der Waals surface area contributed by atoms with Gasteiger partial charge in [0.15, 0.2) is 9.84 Å². The Bertz CT molecular complexity index is 883. The van der Waals surface area contributed by atoms with Crippen LogP contribution in [0.25, 0.3) is 0 Å². The van der Waals surface area contributed by atoms with E-state index < -0.39 is 15.1 Å². The molecule has 0 aliphatic carbocycles. The molecule has 0 fully saturated rings. The summed E-state index contributed by atoms with van der Waals surface area (Å²) in [6, 6.07) is 6.34. The molecule has 0 atom stereocenters. The quantitative estimate of drug-likeness (QED) is 0.853. The zero-order chi connectivity index (χ0) is 18.8. The Balaban J connectivity index is 2.15. The van der Waals surface area contributed by atoms with Gasteiger partial charge >= 0.3 is 0 Å². The van der Waals surface area contributed by atoms with Gasteiger partial charge in [0.05, 0.1) is 21.4 Å². The van der Waals surface area contributed by atoms with E-state index in [1.165, 1.54) is 6.07 Å². The minimum atomic E-state index is -3.51. The number of aryl methyl sites for hydroxylation is 2. The van der Waals surface area contributed by atoms with Crippen molar-refractivity contribution >= 4 is 15.7 Å².